The Morgan fingerprint density at radius 3 is 2.24 bits per heavy atom. The van der Waals surface area contributed by atoms with Gasteiger partial charge in [-0.15, -0.1) is 0 Å². The third-order valence-corrected chi connectivity index (χ3v) is 8.74. The van der Waals surface area contributed by atoms with Crippen LogP contribution in [0.3, 0.4) is 0 Å². The third kappa shape index (κ3) is 5.98. The Hall–Kier alpha value is -1.88. The van der Waals surface area contributed by atoms with E-state index in [9.17, 15) is 13.2 Å². The first-order chi connectivity index (χ1) is 15.7. The maximum Gasteiger partial charge on any atom is 0.247 e. The Kier molecular flexibility index (Phi) is 8.60. The second-order valence-corrected chi connectivity index (χ2v) is 11.0. The van der Waals surface area contributed by atoms with Gasteiger partial charge in [-0.05, 0) is 59.0 Å². The summed E-state index contributed by atoms with van der Waals surface area (Å²) in [5.74, 6) is 0.782. The van der Waals surface area contributed by atoms with Crippen LogP contribution in [0.25, 0.3) is 0 Å². The molecular formula is C23H38N4O5S. The van der Waals surface area contributed by atoms with Crippen molar-refractivity contribution in [3.8, 4) is 11.5 Å². The standard InChI is InChI=1S/C23H38N4O5S/c1-18(2)25-10-8-19(9-11-25)24(3)17-23(28)26-12-14-27(15-13-26)33(29,30)22-16-20(31-4)6-7-21(22)32-5/h6-7,16,18-19H,8-15,17H2,1-5H3. The van der Waals surface area contributed by atoms with Crippen molar-refractivity contribution in [2.24, 2.45) is 0 Å². The molecule has 1 aromatic carbocycles. The fraction of sp³-hybridized carbons (Fsp3) is 0.696. The molecule has 33 heavy (non-hydrogen) atoms. The zero-order valence-electron chi connectivity index (χ0n) is 20.5. The van der Waals surface area contributed by atoms with E-state index in [1.807, 2.05) is 7.05 Å². The SMILES string of the molecule is COc1ccc(OC)c(S(=O)(=O)N2CCN(C(=O)CN(C)C3CCN(C(C)C)CC3)CC2)c1. The molecule has 1 aromatic rings. The van der Waals surface area contributed by atoms with Gasteiger partial charge >= 0.3 is 0 Å². The molecule has 2 fully saturated rings. The summed E-state index contributed by atoms with van der Waals surface area (Å²) >= 11 is 0. The lowest BCUT2D eigenvalue weighted by molar-refractivity contribution is -0.134. The average Bonchev–Trinajstić information content (AvgIpc) is 2.83. The van der Waals surface area contributed by atoms with Crippen LogP contribution in [0.1, 0.15) is 26.7 Å². The lowest BCUT2D eigenvalue weighted by atomic mass is 10.0. The molecule has 0 aromatic heterocycles. The molecule has 3 rings (SSSR count). The maximum atomic E-state index is 13.2. The Morgan fingerprint density at radius 2 is 1.70 bits per heavy atom. The number of piperidine rings is 1. The largest absolute Gasteiger partial charge is 0.497 e. The molecule has 0 unspecified atom stereocenters. The molecule has 2 saturated heterocycles. The Balaban J connectivity index is 1.56. The molecule has 9 nitrogen and oxygen atoms in total. The zero-order chi connectivity index (χ0) is 24.2. The van der Waals surface area contributed by atoms with Gasteiger partial charge in [0.25, 0.3) is 0 Å². The van der Waals surface area contributed by atoms with Gasteiger partial charge in [0.05, 0.1) is 20.8 Å². The Morgan fingerprint density at radius 1 is 1.06 bits per heavy atom. The number of hydrogen-bond acceptors (Lipinski definition) is 7. The number of likely N-dealkylation sites (tertiary alicyclic amines) is 1. The maximum absolute atomic E-state index is 13.2. The van der Waals surface area contributed by atoms with E-state index in [1.54, 1.807) is 17.0 Å². The number of ether oxygens (including phenoxy) is 2. The molecule has 2 heterocycles. The molecule has 186 valence electrons. The topological polar surface area (TPSA) is 82.6 Å². The number of nitrogens with zero attached hydrogens (tertiary/aromatic N) is 4. The molecule has 2 aliphatic heterocycles. The summed E-state index contributed by atoms with van der Waals surface area (Å²) in [5.41, 5.74) is 0. The molecule has 0 atom stereocenters. The van der Waals surface area contributed by atoms with Gasteiger partial charge in [0.15, 0.2) is 0 Å². The van der Waals surface area contributed by atoms with E-state index in [0.717, 1.165) is 25.9 Å². The molecule has 0 saturated carbocycles. The normalized spacial score (nSPS) is 19.3. The summed E-state index contributed by atoms with van der Waals surface area (Å²) in [6, 6.07) is 5.70. The van der Waals surface area contributed by atoms with Gasteiger partial charge in [0.2, 0.25) is 15.9 Å². The van der Waals surface area contributed by atoms with Crippen LogP contribution in [0.5, 0.6) is 11.5 Å². The van der Waals surface area contributed by atoms with E-state index in [2.05, 4.69) is 23.6 Å². The van der Waals surface area contributed by atoms with Gasteiger partial charge in [-0.3, -0.25) is 9.69 Å². The van der Waals surface area contributed by atoms with Gasteiger partial charge in [0.1, 0.15) is 16.4 Å². The van der Waals surface area contributed by atoms with Crippen molar-refractivity contribution in [3.63, 3.8) is 0 Å². The minimum absolute atomic E-state index is 0.0554. The third-order valence-electron chi connectivity index (χ3n) is 6.82. The summed E-state index contributed by atoms with van der Waals surface area (Å²) < 4.78 is 38.4. The molecular weight excluding hydrogens is 444 g/mol. The van der Waals surface area contributed by atoms with Crippen molar-refractivity contribution in [2.75, 3.05) is 67.1 Å². The molecule has 10 heteroatoms. The minimum Gasteiger partial charge on any atom is -0.497 e. The van der Waals surface area contributed by atoms with E-state index in [4.69, 9.17) is 9.47 Å². The van der Waals surface area contributed by atoms with Gasteiger partial charge in [0, 0.05) is 44.3 Å². The molecule has 0 spiro atoms. The van der Waals surface area contributed by atoms with Crippen molar-refractivity contribution in [1.82, 2.24) is 19.0 Å². The Labute approximate surface area is 198 Å². The molecule has 2 aliphatic rings. The first kappa shape index (κ1) is 25.7. The van der Waals surface area contributed by atoms with Crippen LogP contribution in [0.2, 0.25) is 0 Å². The van der Waals surface area contributed by atoms with Gasteiger partial charge in [-0.1, -0.05) is 0 Å². The number of rotatable bonds is 8. The number of carbonyl (C=O) groups excluding carboxylic acids is 1. The molecule has 1 amide bonds. The molecule has 0 bridgehead atoms. The van der Waals surface area contributed by atoms with E-state index in [-0.39, 0.29) is 29.6 Å². The van der Waals surface area contributed by atoms with E-state index in [0.29, 0.717) is 37.5 Å². The number of amides is 1. The highest BCUT2D eigenvalue weighted by Crippen LogP contribution is 2.31. The number of methoxy groups -OCH3 is 2. The van der Waals surface area contributed by atoms with Crippen molar-refractivity contribution in [2.45, 2.75) is 43.7 Å². The molecule has 0 aliphatic carbocycles. The van der Waals surface area contributed by atoms with Crippen LogP contribution in [-0.2, 0) is 14.8 Å². The number of sulfonamides is 1. The van der Waals surface area contributed by atoms with Crippen LogP contribution in [0.4, 0.5) is 0 Å². The predicted octanol–water partition coefficient (Wildman–Crippen LogP) is 1.34. The van der Waals surface area contributed by atoms with Crippen LogP contribution in [0.15, 0.2) is 23.1 Å². The smallest absolute Gasteiger partial charge is 0.247 e. The number of hydrogen-bond donors (Lipinski definition) is 0. The van der Waals surface area contributed by atoms with Gasteiger partial charge < -0.3 is 19.3 Å². The van der Waals surface area contributed by atoms with E-state index >= 15 is 0 Å². The second-order valence-electron chi connectivity index (χ2n) is 9.08. The van der Waals surface area contributed by atoms with E-state index in [1.165, 1.54) is 24.6 Å². The lowest BCUT2D eigenvalue weighted by Crippen LogP contribution is -2.53. The van der Waals surface area contributed by atoms with Crippen molar-refractivity contribution >= 4 is 15.9 Å². The summed E-state index contributed by atoms with van der Waals surface area (Å²) in [6.07, 6.45) is 2.13. The highest BCUT2D eigenvalue weighted by Gasteiger charge is 2.33. The second kappa shape index (κ2) is 11.0. The Bertz CT molecular complexity index is 907. The van der Waals surface area contributed by atoms with Crippen LogP contribution < -0.4 is 9.47 Å². The zero-order valence-corrected chi connectivity index (χ0v) is 21.3. The van der Waals surface area contributed by atoms with Crippen LogP contribution in [-0.4, -0.2) is 112 Å². The quantitative estimate of drug-likeness (QED) is 0.553. The minimum atomic E-state index is -3.76. The fourth-order valence-corrected chi connectivity index (χ4v) is 6.18. The average molecular weight is 483 g/mol. The highest BCUT2D eigenvalue weighted by atomic mass is 32.2. The summed E-state index contributed by atoms with van der Waals surface area (Å²) in [6.45, 7) is 8.19. The lowest BCUT2D eigenvalue weighted by Gasteiger charge is -2.39. The number of carbonyl (C=O) groups is 1. The van der Waals surface area contributed by atoms with Crippen molar-refractivity contribution in [3.05, 3.63) is 18.2 Å². The highest BCUT2D eigenvalue weighted by molar-refractivity contribution is 7.89. The first-order valence-electron chi connectivity index (χ1n) is 11.6. The van der Waals surface area contributed by atoms with Gasteiger partial charge in [-0.25, -0.2) is 8.42 Å². The first-order valence-corrected chi connectivity index (χ1v) is 13.1. The number of likely N-dealkylation sites (N-methyl/N-ethyl adjacent to an activating group) is 1. The number of piperazine rings is 1. The molecule has 0 N–H and O–H groups in total. The van der Waals surface area contributed by atoms with Crippen LogP contribution in [0, 0.1) is 0 Å². The number of benzene rings is 1. The summed E-state index contributed by atoms with van der Waals surface area (Å²) in [4.78, 5) is 19.4. The fourth-order valence-electron chi connectivity index (χ4n) is 4.59. The van der Waals surface area contributed by atoms with Gasteiger partial charge in [-0.2, -0.15) is 4.31 Å². The summed E-state index contributed by atoms with van der Waals surface area (Å²) in [5, 5.41) is 0. The summed E-state index contributed by atoms with van der Waals surface area (Å²) in [7, 11) is 1.19. The molecule has 0 radical (unpaired) electrons. The van der Waals surface area contributed by atoms with Crippen LogP contribution >= 0.6 is 0 Å². The van der Waals surface area contributed by atoms with E-state index < -0.39 is 10.0 Å². The monoisotopic (exact) mass is 482 g/mol. The predicted molar refractivity (Wildman–Crippen MR) is 127 cm³/mol. The van der Waals surface area contributed by atoms with Crippen molar-refractivity contribution < 1.29 is 22.7 Å². The van der Waals surface area contributed by atoms with Crippen molar-refractivity contribution in [1.29, 1.82) is 0 Å².